The summed E-state index contributed by atoms with van der Waals surface area (Å²) in [6.07, 6.45) is -8.13. The van der Waals surface area contributed by atoms with Crippen molar-refractivity contribution in [3.63, 3.8) is 0 Å². The summed E-state index contributed by atoms with van der Waals surface area (Å²) in [6, 6.07) is 4.39. The van der Waals surface area contributed by atoms with E-state index in [1.807, 2.05) is 0 Å². The van der Waals surface area contributed by atoms with Crippen molar-refractivity contribution >= 4 is 0 Å². The Hall–Kier alpha value is -1.25. The lowest BCUT2D eigenvalue weighted by Crippen LogP contribution is -2.26. The highest BCUT2D eigenvalue weighted by atomic mass is 19.4. The van der Waals surface area contributed by atoms with Crippen molar-refractivity contribution in [2.75, 3.05) is 26.3 Å². The Labute approximate surface area is 118 Å². The van der Waals surface area contributed by atoms with Crippen LogP contribution in [-0.4, -0.2) is 37.8 Å². The average Bonchev–Trinajstić information content (AvgIpc) is 2.41. The van der Waals surface area contributed by atoms with Crippen LogP contribution < -0.4 is 5.32 Å². The van der Waals surface area contributed by atoms with Crippen LogP contribution in [0.3, 0.4) is 0 Å². The van der Waals surface area contributed by atoms with Crippen LogP contribution in [0.2, 0.25) is 0 Å². The molecule has 1 aromatic rings. The van der Waals surface area contributed by atoms with Gasteiger partial charge in [-0.2, -0.15) is 13.2 Å². The van der Waals surface area contributed by atoms with Crippen LogP contribution >= 0.6 is 0 Å². The van der Waals surface area contributed by atoms with Gasteiger partial charge in [0.2, 0.25) is 0 Å². The molecule has 1 aromatic carbocycles. The Kier molecular flexibility index (Phi) is 7.00. The summed E-state index contributed by atoms with van der Waals surface area (Å²) < 4.78 is 65.6. The van der Waals surface area contributed by atoms with E-state index in [1.165, 1.54) is 12.1 Å². The molecular formula is C13H16F5NO2. The van der Waals surface area contributed by atoms with Crippen LogP contribution in [0.4, 0.5) is 22.0 Å². The summed E-state index contributed by atoms with van der Waals surface area (Å²) >= 11 is 0. The number of benzene rings is 1. The molecule has 0 saturated heterocycles. The van der Waals surface area contributed by atoms with Crippen LogP contribution in [0.5, 0.6) is 0 Å². The van der Waals surface area contributed by atoms with Gasteiger partial charge in [-0.05, 0) is 17.7 Å². The van der Waals surface area contributed by atoms with Crippen LogP contribution in [0.1, 0.15) is 17.2 Å². The van der Waals surface area contributed by atoms with Gasteiger partial charge in [-0.3, -0.25) is 0 Å². The second-order valence-corrected chi connectivity index (χ2v) is 4.31. The minimum Gasteiger partial charge on any atom is -0.387 e. The molecule has 0 aromatic heterocycles. The van der Waals surface area contributed by atoms with E-state index in [0.717, 1.165) is 12.1 Å². The molecule has 0 radical (unpaired) electrons. The molecule has 8 heteroatoms. The number of aliphatic hydroxyl groups is 1. The minimum absolute atomic E-state index is 0.000646. The van der Waals surface area contributed by atoms with Crippen molar-refractivity contribution in [2.45, 2.75) is 18.7 Å². The van der Waals surface area contributed by atoms with Gasteiger partial charge in [0.15, 0.2) is 0 Å². The zero-order valence-electron chi connectivity index (χ0n) is 11.0. The first kappa shape index (κ1) is 17.8. The molecule has 0 amide bonds. The molecule has 0 aliphatic heterocycles. The van der Waals surface area contributed by atoms with Gasteiger partial charge in [-0.1, -0.05) is 12.1 Å². The lowest BCUT2D eigenvalue weighted by atomic mass is 10.1. The Bertz CT molecular complexity index is 425. The fraction of sp³-hybridized carbons (Fsp3) is 0.538. The largest absolute Gasteiger partial charge is 0.416 e. The summed E-state index contributed by atoms with van der Waals surface area (Å²) in [7, 11) is 0. The van der Waals surface area contributed by atoms with E-state index in [9.17, 15) is 27.1 Å². The van der Waals surface area contributed by atoms with Crippen LogP contribution in [0.25, 0.3) is 0 Å². The van der Waals surface area contributed by atoms with E-state index in [-0.39, 0.29) is 25.3 Å². The van der Waals surface area contributed by atoms with Gasteiger partial charge in [0.25, 0.3) is 6.43 Å². The number of ether oxygens (including phenoxy) is 1. The maximum atomic E-state index is 12.5. The van der Waals surface area contributed by atoms with Crippen molar-refractivity contribution < 1.29 is 31.8 Å². The lowest BCUT2D eigenvalue weighted by molar-refractivity contribution is -0.137. The predicted molar refractivity (Wildman–Crippen MR) is 66.1 cm³/mol. The first-order valence-corrected chi connectivity index (χ1v) is 6.22. The first-order valence-electron chi connectivity index (χ1n) is 6.22. The Balaban J connectivity index is 2.37. The van der Waals surface area contributed by atoms with Gasteiger partial charge in [-0.15, -0.1) is 0 Å². The number of aliphatic hydroxyl groups excluding tert-OH is 1. The smallest absolute Gasteiger partial charge is 0.387 e. The highest BCUT2D eigenvalue weighted by Gasteiger charge is 2.30. The number of halogens is 5. The summed E-state index contributed by atoms with van der Waals surface area (Å²) in [6.45, 7) is -0.431. The minimum atomic E-state index is -4.47. The molecule has 0 spiro atoms. The zero-order chi connectivity index (χ0) is 15.9. The summed E-state index contributed by atoms with van der Waals surface area (Å²) in [4.78, 5) is 0. The third-order valence-corrected chi connectivity index (χ3v) is 2.60. The number of hydrogen-bond acceptors (Lipinski definition) is 3. The van der Waals surface area contributed by atoms with Gasteiger partial charge < -0.3 is 15.2 Å². The van der Waals surface area contributed by atoms with Crippen LogP contribution in [-0.2, 0) is 10.9 Å². The van der Waals surface area contributed by atoms with E-state index in [0.29, 0.717) is 0 Å². The van der Waals surface area contributed by atoms with Crippen molar-refractivity contribution in [2.24, 2.45) is 0 Å². The quantitative estimate of drug-likeness (QED) is 0.573. The maximum absolute atomic E-state index is 12.5. The molecule has 0 aliphatic rings. The Morgan fingerprint density at radius 3 is 2.57 bits per heavy atom. The fourth-order valence-electron chi connectivity index (χ4n) is 1.60. The number of hydrogen-bond donors (Lipinski definition) is 2. The number of alkyl halides is 5. The Morgan fingerprint density at radius 1 is 1.24 bits per heavy atom. The van der Waals surface area contributed by atoms with Crippen molar-refractivity contribution in [1.82, 2.24) is 5.32 Å². The van der Waals surface area contributed by atoms with E-state index >= 15 is 0 Å². The van der Waals surface area contributed by atoms with Crippen molar-refractivity contribution in [3.8, 4) is 0 Å². The number of nitrogens with one attached hydrogen (secondary N) is 1. The predicted octanol–water partition coefficient (Wildman–Crippen LogP) is 2.61. The van der Waals surface area contributed by atoms with Crippen molar-refractivity contribution in [3.05, 3.63) is 35.4 Å². The SMILES string of the molecule is OC(CNCCOCC(F)F)c1cccc(C(F)(F)F)c1. The second kappa shape index (κ2) is 8.26. The molecule has 0 bridgehead atoms. The molecule has 1 rings (SSSR count). The summed E-state index contributed by atoms with van der Waals surface area (Å²) in [5.74, 6) is 0. The molecule has 0 saturated carbocycles. The molecule has 0 aliphatic carbocycles. The summed E-state index contributed by atoms with van der Waals surface area (Å²) in [5.41, 5.74) is -0.704. The molecule has 2 N–H and O–H groups in total. The van der Waals surface area contributed by atoms with E-state index in [2.05, 4.69) is 10.1 Å². The van der Waals surface area contributed by atoms with Crippen LogP contribution in [0, 0.1) is 0 Å². The Morgan fingerprint density at radius 2 is 1.95 bits per heavy atom. The molecule has 1 atom stereocenters. The summed E-state index contributed by atoms with van der Waals surface area (Å²) in [5, 5.41) is 12.5. The van der Waals surface area contributed by atoms with E-state index in [4.69, 9.17) is 0 Å². The molecule has 1 unspecified atom stereocenters. The van der Waals surface area contributed by atoms with Crippen molar-refractivity contribution in [1.29, 1.82) is 0 Å². The topological polar surface area (TPSA) is 41.5 Å². The van der Waals surface area contributed by atoms with Gasteiger partial charge in [0.1, 0.15) is 6.61 Å². The third kappa shape index (κ3) is 6.83. The molecule has 3 nitrogen and oxygen atoms in total. The highest BCUT2D eigenvalue weighted by molar-refractivity contribution is 5.27. The van der Waals surface area contributed by atoms with Gasteiger partial charge >= 0.3 is 6.18 Å². The molecule has 120 valence electrons. The van der Waals surface area contributed by atoms with Gasteiger partial charge in [0.05, 0.1) is 18.3 Å². The highest BCUT2D eigenvalue weighted by Crippen LogP contribution is 2.30. The molecular weight excluding hydrogens is 297 g/mol. The number of rotatable bonds is 8. The normalized spacial score (nSPS) is 13.7. The average molecular weight is 313 g/mol. The van der Waals surface area contributed by atoms with Gasteiger partial charge in [-0.25, -0.2) is 8.78 Å². The molecule has 0 fully saturated rings. The van der Waals surface area contributed by atoms with Crippen LogP contribution in [0.15, 0.2) is 24.3 Å². The first-order chi connectivity index (χ1) is 9.80. The zero-order valence-corrected chi connectivity index (χ0v) is 11.0. The molecule has 21 heavy (non-hydrogen) atoms. The standard InChI is InChI=1S/C13H16F5NO2/c14-12(15)8-21-5-4-19-7-11(20)9-2-1-3-10(6-9)13(16,17)18/h1-3,6,11-12,19-20H,4-5,7-8H2. The van der Waals surface area contributed by atoms with E-state index in [1.54, 1.807) is 0 Å². The third-order valence-electron chi connectivity index (χ3n) is 2.60. The van der Waals surface area contributed by atoms with E-state index < -0.39 is 30.9 Å². The molecule has 0 heterocycles. The second-order valence-electron chi connectivity index (χ2n) is 4.31. The lowest BCUT2D eigenvalue weighted by Gasteiger charge is -2.14. The fourth-order valence-corrected chi connectivity index (χ4v) is 1.60. The van der Waals surface area contributed by atoms with Gasteiger partial charge in [0, 0.05) is 13.1 Å². The maximum Gasteiger partial charge on any atom is 0.416 e. The monoisotopic (exact) mass is 313 g/mol.